The molecule has 0 spiro atoms. The van der Waals surface area contributed by atoms with Crippen molar-refractivity contribution in [3.05, 3.63) is 22.2 Å². The molecule has 1 aromatic carbocycles. The van der Waals surface area contributed by atoms with Gasteiger partial charge in [0, 0.05) is 23.9 Å². The lowest BCUT2D eigenvalue weighted by molar-refractivity contribution is 0.113. The van der Waals surface area contributed by atoms with Gasteiger partial charge in [-0.05, 0) is 48.1 Å². The van der Waals surface area contributed by atoms with Gasteiger partial charge in [-0.25, -0.2) is 0 Å². The number of likely N-dealkylation sites (tertiary alicyclic amines) is 1. The van der Waals surface area contributed by atoms with Crippen molar-refractivity contribution < 1.29 is 9.47 Å². The first-order valence-electron chi connectivity index (χ1n) is 6.38. The lowest BCUT2D eigenvalue weighted by Gasteiger charge is -2.41. The normalized spacial score (nSPS) is 27.1. The molecular formula is C14H18BrNO2. The summed E-state index contributed by atoms with van der Waals surface area (Å²) in [6.07, 6.45) is 1.22. The van der Waals surface area contributed by atoms with Crippen LogP contribution in [-0.4, -0.2) is 38.8 Å². The number of methoxy groups -OCH3 is 1. The Hall–Kier alpha value is -0.740. The molecule has 0 N–H and O–H groups in total. The van der Waals surface area contributed by atoms with Gasteiger partial charge in [0.1, 0.15) is 11.5 Å². The van der Waals surface area contributed by atoms with Gasteiger partial charge in [-0.1, -0.05) is 0 Å². The minimum atomic E-state index is 0.568. The Balaban J connectivity index is 2.03. The first kappa shape index (κ1) is 12.3. The van der Waals surface area contributed by atoms with Gasteiger partial charge in [0.25, 0.3) is 0 Å². The molecule has 2 aliphatic heterocycles. The summed E-state index contributed by atoms with van der Waals surface area (Å²) in [5.41, 5.74) is 1.30. The standard InChI is InChI=1S/C14H18BrNO2/c1-16-4-3-9-8-18-14-11(12(9)7-16)5-10(17-2)6-13(14)15/h5-6,9,12H,3-4,7-8H2,1-2H3. The molecule has 1 fully saturated rings. The lowest BCUT2D eigenvalue weighted by atomic mass is 9.79. The summed E-state index contributed by atoms with van der Waals surface area (Å²) < 4.78 is 12.3. The van der Waals surface area contributed by atoms with Crippen LogP contribution in [0.25, 0.3) is 0 Å². The van der Waals surface area contributed by atoms with Gasteiger partial charge >= 0.3 is 0 Å². The number of rotatable bonds is 1. The number of hydrogen-bond donors (Lipinski definition) is 0. The van der Waals surface area contributed by atoms with Crippen molar-refractivity contribution in [3.63, 3.8) is 0 Å². The van der Waals surface area contributed by atoms with Gasteiger partial charge in [-0.2, -0.15) is 0 Å². The highest BCUT2D eigenvalue weighted by Crippen LogP contribution is 2.46. The van der Waals surface area contributed by atoms with Crippen molar-refractivity contribution in [3.8, 4) is 11.5 Å². The van der Waals surface area contributed by atoms with E-state index in [1.54, 1.807) is 7.11 Å². The summed E-state index contributed by atoms with van der Waals surface area (Å²) in [6, 6.07) is 4.11. The minimum Gasteiger partial charge on any atom is -0.497 e. The zero-order valence-corrected chi connectivity index (χ0v) is 12.4. The number of benzene rings is 1. The second-order valence-corrected chi connectivity index (χ2v) is 6.11. The average molecular weight is 312 g/mol. The molecule has 2 heterocycles. The van der Waals surface area contributed by atoms with Gasteiger partial charge < -0.3 is 14.4 Å². The summed E-state index contributed by atoms with van der Waals surface area (Å²) in [5, 5.41) is 0. The van der Waals surface area contributed by atoms with E-state index in [1.165, 1.54) is 18.5 Å². The van der Waals surface area contributed by atoms with E-state index in [4.69, 9.17) is 9.47 Å². The summed E-state index contributed by atoms with van der Waals surface area (Å²) in [5.74, 6) is 3.12. The van der Waals surface area contributed by atoms with Crippen LogP contribution in [0.5, 0.6) is 11.5 Å². The van der Waals surface area contributed by atoms with E-state index < -0.39 is 0 Å². The molecule has 0 radical (unpaired) electrons. The Bertz CT molecular complexity index is 463. The molecule has 1 aromatic rings. The Kier molecular flexibility index (Phi) is 3.24. The van der Waals surface area contributed by atoms with Gasteiger partial charge in [-0.15, -0.1) is 0 Å². The fourth-order valence-corrected chi connectivity index (χ4v) is 3.61. The van der Waals surface area contributed by atoms with Crippen molar-refractivity contribution in [1.82, 2.24) is 4.90 Å². The number of halogens is 1. The van der Waals surface area contributed by atoms with E-state index in [1.807, 2.05) is 6.07 Å². The van der Waals surface area contributed by atoms with E-state index in [2.05, 4.69) is 33.9 Å². The number of hydrogen-bond acceptors (Lipinski definition) is 3. The van der Waals surface area contributed by atoms with Crippen LogP contribution >= 0.6 is 15.9 Å². The number of ether oxygens (including phenoxy) is 2. The Morgan fingerprint density at radius 3 is 3.06 bits per heavy atom. The topological polar surface area (TPSA) is 21.7 Å². The summed E-state index contributed by atoms with van der Waals surface area (Å²) in [4.78, 5) is 2.41. The van der Waals surface area contributed by atoms with Crippen LogP contribution in [0.4, 0.5) is 0 Å². The summed E-state index contributed by atoms with van der Waals surface area (Å²) >= 11 is 3.59. The average Bonchev–Trinajstić information content (AvgIpc) is 2.38. The minimum absolute atomic E-state index is 0.568. The first-order chi connectivity index (χ1) is 8.69. The van der Waals surface area contributed by atoms with Crippen LogP contribution in [0.1, 0.15) is 17.9 Å². The predicted octanol–water partition coefficient (Wildman–Crippen LogP) is 2.89. The van der Waals surface area contributed by atoms with E-state index in [-0.39, 0.29) is 0 Å². The summed E-state index contributed by atoms with van der Waals surface area (Å²) in [6.45, 7) is 3.13. The third-order valence-corrected chi connectivity index (χ3v) is 4.67. The van der Waals surface area contributed by atoms with Gasteiger partial charge in [0.05, 0.1) is 18.2 Å². The molecule has 2 aliphatic rings. The van der Waals surface area contributed by atoms with E-state index in [9.17, 15) is 0 Å². The number of piperidine rings is 1. The fraction of sp³-hybridized carbons (Fsp3) is 0.571. The second-order valence-electron chi connectivity index (χ2n) is 5.26. The van der Waals surface area contributed by atoms with E-state index in [0.717, 1.165) is 29.1 Å². The molecule has 4 heteroatoms. The quantitative estimate of drug-likeness (QED) is 0.796. The van der Waals surface area contributed by atoms with Crippen LogP contribution in [0.15, 0.2) is 16.6 Å². The van der Waals surface area contributed by atoms with Crippen LogP contribution in [-0.2, 0) is 0 Å². The third kappa shape index (κ3) is 2.01. The van der Waals surface area contributed by atoms with Crippen molar-refractivity contribution in [2.75, 3.05) is 33.9 Å². The fourth-order valence-electron chi connectivity index (χ4n) is 3.04. The molecule has 3 nitrogen and oxygen atoms in total. The molecular weight excluding hydrogens is 294 g/mol. The van der Waals surface area contributed by atoms with Crippen LogP contribution in [0.2, 0.25) is 0 Å². The van der Waals surface area contributed by atoms with Crippen molar-refractivity contribution >= 4 is 15.9 Å². The molecule has 3 rings (SSSR count). The van der Waals surface area contributed by atoms with E-state index >= 15 is 0 Å². The zero-order valence-electron chi connectivity index (χ0n) is 10.8. The lowest BCUT2D eigenvalue weighted by Crippen LogP contribution is -2.41. The zero-order chi connectivity index (χ0) is 12.7. The largest absolute Gasteiger partial charge is 0.497 e. The maximum Gasteiger partial charge on any atom is 0.137 e. The molecule has 2 unspecified atom stereocenters. The van der Waals surface area contributed by atoms with Gasteiger partial charge in [0.2, 0.25) is 0 Å². The third-order valence-electron chi connectivity index (χ3n) is 4.08. The first-order valence-corrected chi connectivity index (χ1v) is 7.17. The molecule has 0 aromatic heterocycles. The molecule has 2 atom stereocenters. The van der Waals surface area contributed by atoms with Crippen molar-refractivity contribution in [1.29, 1.82) is 0 Å². The number of likely N-dealkylation sites (N-methyl/N-ethyl adjacent to an activating group) is 1. The van der Waals surface area contributed by atoms with Gasteiger partial charge in [0.15, 0.2) is 0 Å². The van der Waals surface area contributed by atoms with Crippen molar-refractivity contribution in [2.45, 2.75) is 12.3 Å². The molecule has 18 heavy (non-hydrogen) atoms. The maximum atomic E-state index is 5.94. The highest BCUT2D eigenvalue weighted by atomic mass is 79.9. The van der Waals surface area contributed by atoms with Crippen LogP contribution < -0.4 is 9.47 Å². The smallest absolute Gasteiger partial charge is 0.137 e. The maximum absolute atomic E-state index is 5.94. The second kappa shape index (κ2) is 4.74. The molecule has 0 amide bonds. The Morgan fingerprint density at radius 2 is 2.28 bits per heavy atom. The Labute approximate surface area is 116 Å². The number of nitrogens with zero attached hydrogens (tertiary/aromatic N) is 1. The highest BCUT2D eigenvalue weighted by molar-refractivity contribution is 9.10. The molecule has 0 saturated carbocycles. The highest BCUT2D eigenvalue weighted by Gasteiger charge is 2.35. The van der Waals surface area contributed by atoms with Crippen LogP contribution in [0, 0.1) is 5.92 Å². The monoisotopic (exact) mass is 311 g/mol. The molecule has 1 saturated heterocycles. The SMILES string of the molecule is COc1cc(Br)c2c(c1)C1CN(C)CCC1CO2. The predicted molar refractivity (Wildman–Crippen MR) is 74.5 cm³/mol. The molecule has 0 bridgehead atoms. The number of fused-ring (bicyclic) bond motifs is 3. The Morgan fingerprint density at radius 1 is 1.44 bits per heavy atom. The molecule has 0 aliphatic carbocycles. The van der Waals surface area contributed by atoms with Gasteiger partial charge in [-0.3, -0.25) is 0 Å². The molecule has 98 valence electrons. The summed E-state index contributed by atoms with van der Waals surface area (Å²) in [7, 11) is 3.91. The van der Waals surface area contributed by atoms with Crippen LogP contribution in [0.3, 0.4) is 0 Å². The van der Waals surface area contributed by atoms with E-state index in [0.29, 0.717) is 11.8 Å². The van der Waals surface area contributed by atoms with Crippen molar-refractivity contribution in [2.24, 2.45) is 5.92 Å².